The van der Waals surface area contributed by atoms with Crippen LogP contribution in [-0.2, 0) is 19.0 Å². The first kappa shape index (κ1) is 35.4. The molecule has 6 heteroatoms. The molecule has 1 aromatic carbocycles. The predicted molar refractivity (Wildman–Crippen MR) is 162 cm³/mol. The Bertz CT molecular complexity index is 807. The van der Waals surface area contributed by atoms with Gasteiger partial charge in [-0.3, -0.25) is 0 Å². The molecule has 0 N–H and O–H groups in total. The fourth-order valence-electron chi connectivity index (χ4n) is 4.52. The van der Waals surface area contributed by atoms with Crippen LogP contribution in [0.25, 0.3) is 0 Å². The molecule has 2 rings (SSSR count). The van der Waals surface area contributed by atoms with Crippen molar-refractivity contribution in [3.63, 3.8) is 0 Å². The van der Waals surface area contributed by atoms with E-state index in [1.54, 1.807) is 31.2 Å². The van der Waals surface area contributed by atoms with Gasteiger partial charge < -0.3 is 14.2 Å². The van der Waals surface area contributed by atoms with Crippen molar-refractivity contribution in [1.29, 1.82) is 0 Å². The molecule has 0 radical (unpaired) electrons. The molecule has 0 atom stereocenters. The molecule has 0 spiro atoms. The van der Waals surface area contributed by atoms with E-state index in [0.717, 1.165) is 38.5 Å². The Morgan fingerprint density at radius 1 is 0.700 bits per heavy atom. The molecular weight excluding hydrogens is 504 g/mol. The number of hydrogen-bond donors (Lipinski definition) is 0. The van der Waals surface area contributed by atoms with Gasteiger partial charge in [-0.05, 0) is 57.6 Å². The van der Waals surface area contributed by atoms with Gasteiger partial charge in [-0.15, -0.1) is 0 Å². The number of benzene rings is 1. The van der Waals surface area contributed by atoms with Crippen LogP contribution < -0.4 is 0 Å². The van der Waals surface area contributed by atoms with E-state index in [9.17, 15) is 14.4 Å². The first-order chi connectivity index (χ1) is 19.4. The number of ether oxygens (including phenoxy) is 3. The van der Waals surface area contributed by atoms with Crippen LogP contribution in [0.5, 0.6) is 0 Å². The number of hydrogen-bond acceptors (Lipinski definition) is 6. The first-order valence-corrected chi connectivity index (χ1v) is 15.7. The Hall–Kier alpha value is -2.63. The van der Waals surface area contributed by atoms with Gasteiger partial charge in [-0.2, -0.15) is 0 Å². The monoisotopic (exact) mass is 558 g/mol. The van der Waals surface area contributed by atoms with Crippen molar-refractivity contribution in [3.8, 4) is 0 Å². The van der Waals surface area contributed by atoms with E-state index in [-0.39, 0.29) is 12.1 Å². The minimum Gasteiger partial charge on any atom is -0.462 e. The Labute approximate surface area is 243 Å². The van der Waals surface area contributed by atoms with E-state index >= 15 is 0 Å². The summed E-state index contributed by atoms with van der Waals surface area (Å²) in [6.45, 7) is 10.4. The summed E-state index contributed by atoms with van der Waals surface area (Å²) in [4.78, 5) is 35.8. The molecule has 1 fully saturated rings. The van der Waals surface area contributed by atoms with Crippen molar-refractivity contribution in [2.24, 2.45) is 0 Å². The quantitative estimate of drug-likeness (QED) is 0.0773. The van der Waals surface area contributed by atoms with Gasteiger partial charge in [0.1, 0.15) is 6.10 Å². The maximum absolute atomic E-state index is 12.4. The van der Waals surface area contributed by atoms with Crippen molar-refractivity contribution in [1.82, 2.24) is 0 Å². The zero-order valence-corrected chi connectivity index (χ0v) is 25.5. The zero-order chi connectivity index (χ0) is 29.4. The zero-order valence-electron chi connectivity index (χ0n) is 25.5. The third-order valence-corrected chi connectivity index (χ3v) is 7.00. The van der Waals surface area contributed by atoms with Crippen molar-refractivity contribution in [3.05, 3.63) is 47.5 Å². The van der Waals surface area contributed by atoms with E-state index in [1.165, 1.54) is 70.6 Å². The van der Waals surface area contributed by atoms with Gasteiger partial charge >= 0.3 is 17.9 Å². The lowest BCUT2D eigenvalue weighted by Crippen LogP contribution is -2.20. The Kier molecular flexibility index (Phi) is 20.5. The molecule has 1 saturated carbocycles. The SMILES string of the molecule is C=C(C)C(=O)OC1CCCCC1.CCCCCCCCOC(=O)c1ccccc1C(=O)OCCCCCCCC. The fraction of sp³-hybridized carbons (Fsp3) is 0.676. The van der Waals surface area contributed by atoms with Crippen LogP contribution >= 0.6 is 0 Å². The number of carbonyl (C=O) groups excluding carboxylic acids is 3. The van der Waals surface area contributed by atoms with Gasteiger partial charge in [0.15, 0.2) is 0 Å². The lowest BCUT2D eigenvalue weighted by Gasteiger charge is -2.21. The summed E-state index contributed by atoms with van der Waals surface area (Å²) in [6.07, 6.45) is 19.5. The molecule has 0 saturated heterocycles. The highest BCUT2D eigenvalue weighted by Crippen LogP contribution is 2.21. The largest absolute Gasteiger partial charge is 0.462 e. The van der Waals surface area contributed by atoms with Gasteiger partial charge in [0.2, 0.25) is 0 Å². The maximum atomic E-state index is 12.4. The second kappa shape index (κ2) is 23.1. The third-order valence-electron chi connectivity index (χ3n) is 7.00. The minimum atomic E-state index is -0.444. The van der Waals surface area contributed by atoms with Gasteiger partial charge in [-0.25, -0.2) is 14.4 Å². The normalized spacial score (nSPS) is 13.1. The van der Waals surface area contributed by atoms with Gasteiger partial charge in [0, 0.05) is 5.57 Å². The predicted octanol–water partition coefficient (Wildman–Crippen LogP) is 9.16. The van der Waals surface area contributed by atoms with Crippen LogP contribution in [0.2, 0.25) is 0 Å². The molecule has 1 aliphatic carbocycles. The molecule has 40 heavy (non-hydrogen) atoms. The molecule has 0 aliphatic heterocycles. The van der Waals surface area contributed by atoms with Crippen LogP contribution in [-0.4, -0.2) is 37.2 Å². The van der Waals surface area contributed by atoms with Crippen molar-refractivity contribution < 1.29 is 28.6 Å². The third kappa shape index (κ3) is 16.5. The van der Waals surface area contributed by atoms with Crippen LogP contribution in [0, 0.1) is 0 Å². The molecule has 0 unspecified atom stereocenters. The summed E-state index contributed by atoms with van der Waals surface area (Å²) in [6, 6.07) is 6.74. The van der Waals surface area contributed by atoms with E-state index in [2.05, 4.69) is 20.4 Å². The highest BCUT2D eigenvalue weighted by molar-refractivity contribution is 6.03. The fourth-order valence-corrected chi connectivity index (χ4v) is 4.52. The van der Waals surface area contributed by atoms with E-state index in [0.29, 0.717) is 29.9 Å². The standard InChI is InChI=1S/C24H38O4.C10H16O2/c1-3-5-7-9-11-15-19-27-23(25)21-17-13-14-18-22(21)24(26)28-20-16-12-10-8-6-4-2;1-8(2)10(11)12-9-6-4-3-5-7-9/h13-14,17-18H,3-12,15-16,19-20H2,1-2H3;9H,1,3-7H2,2H3. The summed E-state index contributed by atoms with van der Waals surface area (Å²) in [5, 5.41) is 0. The topological polar surface area (TPSA) is 78.9 Å². The van der Waals surface area contributed by atoms with Gasteiger partial charge in [-0.1, -0.05) is 103 Å². The Morgan fingerprint density at radius 3 is 1.55 bits per heavy atom. The molecule has 6 nitrogen and oxygen atoms in total. The lowest BCUT2D eigenvalue weighted by molar-refractivity contribution is -0.145. The maximum Gasteiger partial charge on any atom is 0.339 e. The van der Waals surface area contributed by atoms with E-state index < -0.39 is 11.9 Å². The molecule has 226 valence electrons. The summed E-state index contributed by atoms with van der Waals surface area (Å²) in [5.74, 6) is -1.12. The molecular formula is C34H54O6. The molecule has 1 aliphatic rings. The van der Waals surface area contributed by atoms with Crippen molar-refractivity contribution in [2.75, 3.05) is 13.2 Å². The highest BCUT2D eigenvalue weighted by Gasteiger charge is 2.19. The van der Waals surface area contributed by atoms with Crippen LogP contribution in [0.15, 0.2) is 36.4 Å². The van der Waals surface area contributed by atoms with E-state index in [1.807, 2.05) is 0 Å². The molecule has 0 aromatic heterocycles. The smallest absolute Gasteiger partial charge is 0.339 e. The highest BCUT2D eigenvalue weighted by atomic mass is 16.5. The first-order valence-electron chi connectivity index (χ1n) is 15.7. The number of unbranched alkanes of at least 4 members (excludes halogenated alkanes) is 10. The second-order valence-electron chi connectivity index (χ2n) is 10.8. The van der Waals surface area contributed by atoms with Gasteiger partial charge in [0.25, 0.3) is 0 Å². The van der Waals surface area contributed by atoms with Crippen LogP contribution in [0.4, 0.5) is 0 Å². The number of carbonyl (C=O) groups is 3. The Balaban J connectivity index is 0.000000552. The molecule has 0 bridgehead atoms. The molecule has 0 amide bonds. The van der Waals surface area contributed by atoms with Crippen LogP contribution in [0.3, 0.4) is 0 Å². The average molecular weight is 559 g/mol. The number of rotatable bonds is 18. The summed E-state index contributed by atoms with van der Waals surface area (Å²) in [5.41, 5.74) is 1.09. The second-order valence-corrected chi connectivity index (χ2v) is 10.8. The van der Waals surface area contributed by atoms with Gasteiger partial charge in [0.05, 0.1) is 24.3 Å². The summed E-state index contributed by atoms with van der Waals surface area (Å²) in [7, 11) is 0. The minimum absolute atomic E-state index is 0.156. The van der Waals surface area contributed by atoms with Crippen molar-refractivity contribution >= 4 is 17.9 Å². The van der Waals surface area contributed by atoms with Crippen LogP contribution in [0.1, 0.15) is 151 Å². The number of esters is 3. The summed E-state index contributed by atoms with van der Waals surface area (Å²) < 4.78 is 15.9. The lowest BCUT2D eigenvalue weighted by atomic mass is 9.98. The molecule has 0 heterocycles. The van der Waals surface area contributed by atoms with E-state index in [4.69, 9.17) is 14.2 Å². The summed E-state index contributed by atoms with van der Waals surface area (Å²) >= 11 is 0. The Morgan fingerprint density at radius 2 is 1.12 bits per heavy atom. The van der Waals surface area contributed by atoms with Crippen molar-refractivity contribution in [2.45, 2.75) is 136 Å². The molecule has 1 aromatic rings. The average Bonchev–Trinajstić information content (AvgIpc) is 2.96.